The second kappa shape index (κ2) is 17.6. The first-order valence-electron chi connectivity index (χ1n) is 18.0. The van der Waals surface area contributed by atoms with Crippen LogP contribution in [0.4, 0.5) is 0 Å². The number of ether oxygens (including phenoxy) is 2. The molecular weight excluding hydrogens is 701 g/mol. The van der Waals surface area contributed by atoms with Crippen LogP contribution >= 0.6 is 18.1 Å². The molecule has 13 heteroatoms. The van der Waals surface area contributed by atoms with Crippen molar-refractivity contribution < 1.29 is 28.2 Å². The third-order valence-electron chi connectivity index (χ3n) is 10.4. The van der Waals surface area contributed by atoms with E-state index in [1.165, 1.54) is 0 Å². The van der Waals surface area contributed by atoms with E-state index < -0.39 is 30.7 Å². The van der Waals surface area contributed by atoms with Gasteiger partial charge in [-0.1, -0.05) is 91.0 Å². The molecule has 2 amide bonds. The zero-order valence-electron chi connectivity index (χ0n) is 29.9. The summed E-state index contributed by atoms with van der Waals surface area (Å²) in [7, 11) is 1.84. The first-order chi connectivity index (χ1) is 25.2. The fraction of sp³-hybridized carbons (Fsp3) is 0.436. The lowest BCUT2D eigenvalue weighted by atomic mass is 9.75. The number of likely N-dealkylation sites (N-methyl/N-ethyl adjacent to an activating group) is 1. The largest absolute Gasteiger partial charge is 0.379 e. The fourth-order valence-corrected chi connectivity index (χ4v) is 9.61. The SMILES string of the molecule is C/C(=C/N(C)C1CN(C(c2ccccc2)(c2ccccc2)c2ccccc2)CC(COP(=O)(Cl)N2CCC(N3CCOCC3)CC2)O1)C(=O)NC=O. The maximum atomic E-state index is 14.0. The Morgan fingerprint density at radius 2 is 1.46 bits per heavy atom. The monoisotopic (exact) mass is 749 g/mol. The Morgan fingerprint density at radius 1 is 0.923 bits per heavy atom. The van der Waals surface area contributed by atoms with Crippen LogP contribution in [0.1, 0.15) is 36.5 Å². The average molecular weight is 750 g/mol. The number of hydrogen-bond donors (Lipinski definition) is 1. The molecule has 3 saturated heterocycles. The smallest absolute Gasteiger partial charge is 0.363 e. The van der Waals surface area contributed by atoms with E-state index in [4.69, 9.17) is 25.2 Å². The minimum Gasteiger partial charge on any atom is -0.379 e. The third kappa shape index (κ3) is 8.70. The molecule has 0 aliphatic carbocycles. The molecule has 3 atom stereocenters. The Hall–Kier alpha value is -3.38. The van der Waals surface area contributed by atoms with Crippen molar-refractivity contribution in [3.63, 3.8) is 0 Å². The van der Waals surface area contributed by atoms with Crippen LogP contribution in [-0.4, -0.2) is 116 Å². The standard InChI is InChI=1S/C39H49ClN5O6P/c1-31(38(47)41-30-46)26-42(2)37-28-44(39(32-12-6-3-7-13-32,33-14-8-4-9-15-33)34-16-10-5-11-17-34)27-36(51-37)29-50-52(40,48)45-20-18-35(19-21-45)43-22-24-49-25-23-43/h3-17,26,30,35-37H,18-25,27-29H2,1-2H3,(H,41,46,47)/b31-26-. The summed E-state index contributed by atoms with van der Waals surface area (Å²) in [6.45, 7) is 3.30. The van der Waals surface area contributed by atoms with Crippen molar-refractivity contribution >= 4 is 30.4 Å². The van der Waals surface area contributed by atoms with Crippen LogP contribution in [0, 0.1) is 0 Å². The molecule has 0 saturated carbocycles. The van der Waals surface area contributed by atoms with Crippen LogP contribution in [0.5, 0.6) is 0 Å². The number of rotatable bonds is 13. The lowest BCUT2D eigenvalue weighted by Gasteiger charge is -2.51. The van der Waals surface area contributed by atoms with Crippen molar-refractivity contribution in [3.8, 4) is 0 Å². The first kappa shape index (κ1) is 38.3. The van der Waals surface area contributed by atoms with Crippen molar-refractivity contribution in [2.45, 2.75) is 43.7 Å². The van der Waals surface area contributed by atoms with Gasteiger partial charge < -0.3 is 18.9 Å². The Labute approximate surface area is 311 Å². The summed E-state index contributed by atoms with van der Waals surface area (Å²) in [4.78, 5) is 30.2. The Balaban J connectivity index is 1.31. The van der Waals surface area contributed by atoms with Gasteiger partial charge in [-0.15, -0.1) is 0 Å². The minimum absolute atomic E-state index is 0.00617. The predicted octanol–water partition coefficient (Wildman–Crippen LogP) is 5.27. The number of amides is 2. The van der Waals surface area contributed by atoms with Gasteiger partial charge in [0.15, 0.2) is 0 Å². The van der Waals surface area contributed by atoms with Gasteiger partial charge >= 0.3 is 6.87 Å². The molecule has 3 unspecified atom stereocenters. The molecule has 3 heterocycles. The Kier molecular flexibility index (Phi) is 13.0. The topological polar surface area (TPSA) is 104 Å². The quantitative estimate of drug-likeness (QED) is 0.108. The summed E-state index contributed by atoms with van der Waals surface area (Å²) >= 11 is 6.78. The highest BCUT2D eigenvalue weighted by molar-refractivity contribution is 7.83. The summed E-state index contributed by atoms with van der Waals surface area (Å²) in [6, 6.07) is 31.6. The molecule has 52 heavy (non-hydrogen) atoms. The van der Waals surface area contributed by atoms with Gasteiger partial charge in [0.1, 0.15) is 6.23 Å². The van der Waals surface area contributed by atoms with Crippen LogP contribution < -0.4 is 5.32 Å². The maximum absolute atomic E-state index is 14.0. The van der Waals surface area contributed by atoms with Gasteiger partial charge in [-0.05, 0) is 47.7 Å². The van der Waals surface area contributed by atoms with E-state index in [1.807, 2.05) is 66.5 Å². The zero-order valence-corrected chi connectivity index (χ0v) is 31.5. The molecule has 3 aliphatic rings. The zero-order chi connectivity index (χ0) is 36.6. The third-order valence-corrected chi connectivity index (χ3v) is 12.8. The number of piperidine rings is 1. The van der Waals surface area contributed by atoms with E-state index in [9.17, 15) is 14.2 Å². The highest BCUT2D eigenvalue weighted by Crippen LogP contribution is 2.57. The molecule has 11 nitrogen and oxygen atoms in total. The first-order valence-corrected chi connectivity index (χ1v) is 20.4. The van der Waals surface area contributed by atoms with E-state index in [0.717, 1.165) is 55.8 Å². The number of morpholine rings is 2. The number of hydrogen-bond acceptors (Lipinski definition) is 9. The van der Waals surface area contributed by atoms with Crippen LogP contribution in [0.25, 0.3) is 0 Å². The molecule has 3 aromatic carbocycles. The fourth-order valence-electron chi connectivity index (χ4n) is 7.76. The Bertz CT molecular complexity index is 1590. The number of carbonyl (C=O) groups is 2. The number of imide groups is 1. The second-order valence-corrected chi connectivity index (χ2v) is 16.6. The van der Waals surface area contributed by atoms with Crippen molar-refractivity contribution in [2.24, 2.45) is 0 Å². The number of nitrogens with one attached hydrogen (secondary N) is 1. The van der Waals surface area contributed by atoms with Gasteiger partial charge in [0.25, 0.3) is 5.91 Å². The van der Waals surface area contributed by atoms with Crippen LogP contribution in [0.3, 0.4) is 0 Å². The molecule has 3 aromatic rings. The Morgan fingerprint density at radius 3 is 1.98 bits per heavy atom. The number of nitrogens with zero attached hydrogens (tertiary/aromatic N) is 4. The van der Waals surface area contributed by atoms with Gasteiger partial charge in [-0.2, -0.15) is 0 Å². The predicted molar refractivity (Wildman–Crippen MR) is 202 cm³/mol. The molecule has 1 N–H and O–H groups in total. The van der Waals surface area contributed by atoms with Gasteiger partial charge in [0.05, 0.1) is 31.5 Å². The average Bonchev–Trinajstić information content (AvgIpc) is 3.19. The molecule has 6 rings (SSSR count). The number of carbonyl (C=O) groups excluding carboxylic acids is 2. The molecule has 0 spiro atoms. The second-order valence-electron chi connectivity index (χ2n) is 13.6. The van der Waals surface area contributed by atoms with Gasteiger partial charge in [0.2, 0.25) is 6.41 Å². The van der Waals surface area contributed by atoms with Crippen LogP contribution in [-0.2, 0) is 33.7 Å². The van der Waals surface area contributed by atoms with Crippen molar-refractivity contribution in [3.05, 3.63) is 119 Å². The molecule has 0 aromatic heterocycles. The number of halogens is 1. The number of benzene rings is 3. The van der Waals surface area contributed by atoms with Gasteiger partial charge in [0, 0.05) is 64.1 Å². The van der Waals surface area contributed by atoms with E-state index in [0.29, 0.717) is 44.2 Å². The molecule has 3 aliphatic heterocycles. The molecule has 278 valence electrons. The summed E-state index contributed by atoms with van der Waals surface area (Å²) in [5.74, 6) is -0.498. The highest BCUT2D eigenvalue weighted by atomic mass is 35.7. The van der Waals surface area contributed by atoms with E-state index in [-0.39, 0.29) is 6.61 Å². The summed E-state index contributed by atoms with van der Waals surface area (Å²) < 4.78 is 34.2. The lowest BCUT2D eigenvalue weighted by molar-refractivity contribution is -0.157. The highest BCUT2D eigenvalue weighted by Gasteiger charge is 2.47. The van der Waals surface area contributed by atoms with Crippen LogP contribution in [0.15, 0.2) is 103 Å². The summed E-state index contributed by atoms with van der Waals surface area (Å²) in [5, 5.41) is 2.20. The molecule has 0 bridgehead atoms. The van der Waals surface area contributed by atoms with Crippen molar-refractivity contribution in [1.82, 2.24) is 24.7 Å². The normalized spacial score (nSPS) is 22.7. The lowest BCUT2D eigenvalue weighted by Crippen LogP contribution is -2.61. The molecular formula is C39H49ClN5O6P. The molecule has 3 fully saturated rings. The van der Waals surface area contributed by atoms with Gasteiger partial charge in [-0.3, -0.25) is 29.3 Å². The summed E-state index contributed by atoms with van der Waals surface area (Å²) in [5.41, 5.74) is 2.79. The van der Waals surface area contributed by atoms with E-state index in [2.05, 4.69) is 51.5 Å². The maximum Gasteiger partial charge on any atom is 0.363 e. The van der Waals surface area contributed by atoms with Gasteiger partial charge in [-0.25, -0.2) is 4.67 Å². The van der Waals surface area contributed by atoms with E-state index >= 15 is 0 Å². The molecule has 0 radical (unpaired) electrons. The van der Waals surface area contributed by atoms with Crippen molar-refractivity contribution in [2.75, 3.05) is 66.1 Å². The van der Waals surface area contributed by atoms with Crippen LogP contribution in [0.2, 0.25) is 0 Å². The minimum atomic E-state index is -3.67. The van der Waals surface area contributed by atoms with Crippen molar-refractivity contribution in [1.29, 1.82) is 0 Å². The van der Waals surface area contributed by atoms with E-state index in [1.54, 1.807) is 17.8 Å². The summed E-state index contributed by atoms with van der Waals surface area (Å²) in [6.07, 6.45) is 2.65.